The van der Waals surface area contributed by atoms with Gasteiger partial charge in [0, 0.05) is 12.1 Å². The minimum atomic E-state index is -0.461. The lowest BCUT2D eigenvalue weighted by atomic mass is 9.99. The first-order valence-electron chi connectivity index (χ1n) is 5.15. The average Bonchev–Trinajstić information content (AvgIpc) is 2.10. The predicted molar refractivity (Wildman–Crippen MR) is 55.3 cm³/mol. The molecule has 86 valence electrons. The molecule has 0 bridgehead atoms. The summed E-state index contributed by atoms with van der Waals surface area (Å²) in [5.74, 6) is -0.482. The summed E-state index contributed by atoms with van der Waals surface area (Å²) < 4.78 is 4.79. The van der Waals surface area contributed by atoms with E-state index in [-0.39, 0.29) is 23.8 Å². The third-order valence-electron chi connectivity index (χ3n) is 2.24. The number of amides is 1. The van der Waals surface area contributed by atoms with Gasteiger partial charge in [-0.05, 0) is 20.8 Å². The van der Waals surface area contributed by atoms with Gasteiger partial charge in [-0.3, -0.25) is 9.59 Å². The monoisotopic (exact) mass is 214 g/mol. The molecule has 0 saturated carbocycles. The number of carbonyl (C=O) groups excluding carboxylic acids is 2. The Morgan fingerprint density at radius 2 is 2.27 bits per heavy atom. The van der Waals surface area contributed by atoms with Crippen molar-refractivity contribution in [2.24, 2.45) is 0 Å². The maximum atomic E-state index is 11.6. The second-order valence-electron chi connectivity index (χ2n) is 4.32. The van der Waals surface area contributed by atoms with Crippen LogP contribution in [-0.4, -0.2) is 36.6 Å². The Bertz CT molecular complexity index is 263. The Morgan fingerprint density at radius 3 is 2.80 bits per heavy atom. The molecule has 1 saturated heterocycles. The van der Waals surface area contributed by atoms with Crippen molar-refractivity contribution in [3.8, 4) is 0 Å². The zero-order valence-corrected chi connectivity index (χ0v) is 9.42. The molecule has 1 aliphatic heterocycles. The van der Waals surface area contributed by atoms with Crippen molar-refractivity contribution in [1.29, 1.82) is 0 Å². The number of nitrogens with one attached hydrogen (secondary N) is 2. The van der Waals surface area contributed by atoms with Gasteiger partial charge in [0.1, 0.15) is 0 Å². The predicted octanol–water partition coefficient (Wildman–Crippen LogP) is -0.194. The van der Waals surface area contributed by atoms with Crippen LogP contribution in [0.4, 0.5) is 0 Å². The lowest BCUT2D eigenvalue weighted by molar-refractivity contribution is -0.146. The Morgan fingerprint density at radius 1 is 1.60 bits per heavy atom. The molecule has 0 aliphatic carbocycles. The van der Waals surface area contributed by atoms with Gasteiger partial charge in [0.25, 0.3) is 0 Å². The Hall–Kier alpha value is -1.10. The summed E-state index contributed by atoms with van der Waals surface area (Å²) >= 11 is 0. The fourth-order valence-electron chi connectivity index (χ4n) is 1.49. The van der Waals surface area contributed by atoms with E-state index in [1.54, 1.807) is 6.92 Å². The molecular weight excluding hydrogens is 196 g/mol. The summed E-state index contributed by atoms with van der Waals surface area (Å²) in [7, 11) is 0. The number of carbonyl (C=O) groups is 2. The number of esters is 1. The molecule has 15 heavy (non-hydrogen) atoms. The van der Waals surface area contributed by atoms with Crippen molar-refractivity contribution in [1.82, 2.24) is 10.6 Å². The van der Waals surface area contributed by atoms with Crippen molar-refractivity contribution in [2.45, 2.75) is 38.8 Å². The van der Waals surface area contributed by atoms with E-state index in [1.165, 1.54) is 0 Å². The molecule has 1 heterocycles. The maximum Gasteiger partial charge on any atom is 0.307 e. The van der Waals surface area contributed by atoms with Crippen LogP contribution in [0.5, 0.6) is 0 Å². The molecule has 1 rings (SSSR count). The fourth-order valence-corrected chi connectivity index (χ4v) is 1.49. The molecule has 0 unspecified atom stereocenters. The molecular formula is C10H18N2O3. The van der Waals surface area contributed by atoms with E-state index in [0.717, 1.165) is 0 Å². The Labute approximate surface area is 89.6 Å². The smallest absolute Gasteiger partial charge is 0.307 e. The van der Waals surface area contributed by atoms with E-state index in [2.05, 4.69) is 10.6 Å². The van der Waals surface area contributed by atoms with Crippen molar-refractivity contribution < 1.29 is 14.3 Å². The lowest BCUT2D eigenvalue weighted by Crippen LogP contribution is -2.63. The molecule has 0 radical (unpaired) electrons. The van der Waals surface area contributed by atoms with E-state index < -0.39 is 6.04 Å². The molecule has 2 N–H and O–H groups in total. The van der Waals surface area contributed by atoms with Crippen molar-refractivity contribution in [2.75, 3.05) is 13.2 Å². The first-order valence-corrected chi connectivity index (χ1v) is 5.15. The van der Waals surface area contributed by atoms with Crippen LogP contribution < -0.4 is 10.6 Å². The van der Waals surface area contributed by atoms with Crippen LogP contribution in [0.3, 0.4) is 0 Å². The number of hydrogen-bond donors (Lipinski definition) is 2. The lowest BCUT2D eigenvalue weighted by Gasteiger charge is -2.35. The van der Waals surface area contributed by atoms with Crippen LogP contribution in [0, 0.1) is 0 Å². The van der Waals surface area contributed by atoms with Gasteiger partial charge in [0.2, 0.25) is 5.91 Å². The summed E-state index contributed by atoms with van der Waals surface area (Å²) in [5.41, 5.74) is -0.248. The third-order valence-corrected chi connectivity index (χ3v) is 2.24. The minimum absolute atomic E-state index is 0.0930. The van der Waals surface area contributed by atoms with Crippen LogP contribution in [0.25, 0.3) is 0 Å². The van der Waals surface area contributed by atoms with Gasteiger partial charge in [0.15, 0.2) is 0 Å². The summed E-state index contributed by atoms with van der Waals surface area (Å²) in [5, 5.41) is 5.88. The summed E-state index contributed by atoms with van der Waals surface area (Å²) in [4.78, 5) is 22.7. The second-order valence-corrected chi connectivity index (χ2v) is 4.32. The first kappa shape index (κ1) is 12.0. The van der Waals surface area contributed by atoms with Crippen LogP contribution in [-0.2, 0) is 14.3 Å². The van der Waals surface area contributed by atoms with E-state index in [0.29, 0.717) is 13.2 Å². The summed E-state index contributed by atoms with van der Waals surface area (Å²) in [6.07, 6.45) is 0.0930. The fraction of sp³-hybridized carbons (Fsp3) is 0.800. The van der Waals surface area contributed by atoms with E-state index in [4.69, 9.17) is 4.74 Å². The molecule has 0 aromatic carbocycles. The standard InChI is InChI=1S/C10H18N2O3/c1-4-15-8(13)5-7-9(14)12-10(2,3)6-11-7/h7,11H,4-6H2,1-3H3,(H,12,14)/t7-/m0/s1. The normalized spacial score (nSPS) is 24.5. The highest BCUT2D eigenvalue weighted by Crippen LogP contribution is 2.09. The molecule has 1 aliphatic rings. The van der Waals surface area contributed by atoms with Gasteiger partial charge in [-0.1, -0.05) is 0 Å². The first-order chi connectivity index (χ1) is 6.94. The van der Waals surface area contributed by atoms with Crippen LogP contribution in [0.15, 0.2) is 0 Å². The largest absolute Gasteiger partial charge is 0.466 e. The number of rotatable bonds is 3. The molecule has 0 aromatic heterocycles. The second kappa shape index (κ2) is 4.61. The molecule has 5 nitrogen and oxygen atoms in total. The van der Waals surface area contributed by atoms with Crippen molar-refractivity contribution in [3.63, 3.8) is 0 Å². The molecule has 5 heteroatoms. The van der Waals surface area contributed by atoms with Crippen molar-refractivity contribution >= 4 is 11.9 Å². The topological polar surface area (TPSA) is 67.4 Å². The van der Waals surface area contributed by atoms with Gasteiger partial charge < -0.3 is 15.4 Å². The third kappa shape index (κ3) is 3.51. The summed E-state index contributed by atoms with van der Waals surface area (Å²) in [6, 6.07) is -0.461. The highest BCUT2D eigenvalue weighted by molar-refractivity contribution is 5.87. The van der Waals surface area contributed by atoms with Gasteiger partial charge in [-0.15, -0.1) is 0 Å². The zero-order valence-electron chi connectivity index (χ0n) is 9.42. The van der Waals surface area contributed by atoms with Crippen LogP contribution in [0.2, 0.25) is 0 Å². The molecule has 1 atom stereocenters. The number of piperazine rings is 1. The van der Waals surface area contributed by atoms with Crippen LogP contribution >= 0.6 is 0 Å². The molecule has 1 fully saturated rings. The SMILES string of the molecule is CCOC(=O)C[C@@H]1NCC(C)(C)NC1=O. The highest BCUT2D eigenvalue weighted by atomic mass is 16.5. The summed E-state index contributed by atoms with van der Waals surface area (Å²) in [6.45, 7) is 6.60. The molecule has 0 spiro atoms. The molecule has 1 amide bonds. The van der Waals surface area contributed by atoms with Crippen molar-refractivity contribution in [3.05, 3.63) is 0 Å². The molecule has 0 aromatic rings. The minimum Gasteiger partial charge on any atom is -0.466 e. The van der Waals surface area contributed by atoms with E-state index in [1.807, 2.05) is 13.8 Å². The van der Waals surface area contributed by atoms with Crippen LogP contribution in [0.1, 0.15) is 27.2 Å². The van der Waals surface area contributed by atoms with Gasteiger partial charge in [-0.2, -0.15) is 0 Å². The van der Waals surface area contributed by atoms with Gasteiger partial charge >= 0.3 is 5.97 Å². The Balaban J connectivity index is 2.45. The maximum absolute atomic E-state index is 11.6. The van der Waals surface area contributed by atoms with E-state index >= 15 is 0 Å². The Kier molecular flexibility index (Phi) is 3.68. The average molecular weight is 214 g/mol. The van der Waals surface area contributed by atoms with Gasteiger partial charge in [-0.25, -0.2) is 0 Å². The quantitative estimate of drug-likeness (QED) is 0.639. The van der Waals surface area contributed by atoms with E-state index in [9.17, 15) is 9.59 Å². The highest BCUT2D eigenvalue weighted by Gasteiger charge is 2.33. The zero-order chi connectivity index (χ0) is 11.5. The number of hydrogen-bond acceptors (Lipinski definition) is 4. The number of ether oxygens (including phenoxy) is 1. The van der Waals surface area contributed by atoms with Gasteiger partial charge in [0.05, 0.1) is 19.1 Å².